The third-order valence-electron chi connectivity index (χ3n) is 2.52. The number of thiophene rings is 1. The molecule has 0 unspecified atom stereocenters. The van der Waals surface area contributed by atoms with Crippen molar-refractivity contribution >= 4 is 28.3 Å². The largest absolute Gasteiger partial charge is 0.366 e. The minimum Gasteiger partial charge on any atom is -0.366 e. The number of aromatic nitrogens is 2. The van der Waals surface area contributed by atoms with Gasteiger partial charge in [0.05, 0.1) is 15.9 Å². The normalized spacial score (nSPS) is 10.8. The van der Waals surface area contributed by atoms with Gasteiger partial charge in [-0.15, -0.1) is 11.3 Å². The minimum atomic E-state index is -0.431. The fourth-order valence-electron chi connectivity index (χ4n) is 1.69. The van der Waals surface area contributed by atoms with Gasteiger partial charge in [0.2, 0.25) is 5.91 Å². The fourth-order valence-corrected chi connectivity index (χ4v) is 2.36. The van der Waals surface area contributed by atoms with Gasteiger partial charge >= 0.3 is 0 Å². The van der Waals surface area contributed by atoms with Gasteiger partial charge in [-0.1, -0.05) is 6.07 Å². The summed E-state index contributed by atoms with van der Waals surface area (Å²) in [6.45, 7) is 0. The van der Waals surface area contributed by atoms with Crippen molar-refractivity contribution in [2.24, 2.45) is 5.73 Å². The highest BCUT2D eigenvalue weighted by Crippen LogP contribution is 2.24. The molecule has 0 saturated heterocycles. The van der Waals surface area contributed by atoms with Gasteiger partial charge < -0.3 is 10.7 Å². The lowest BCUT2D eigenvalue weighted by Crippen LogP contribution is -2.10. The second-order valence-electron chi connectivity index (χ2n) is 3.66. The Bertz CT molecular complexity index is 685. The Kier molecular flexibility index (Phi) is 2.19. The molecule has 0 aliphatic rings. The first-order chi connectivity index (χ1) is 8.24. The van der Waals surface area contributed by atoms with Gasteiger partial charge in [-0.2, -0.15) is 0 Å². The first kappa shape index (κ1) is 10.0. The fraction of sp³-hybridized carbons (Fsp3) is 0. The Hall–Kier alpha value is -2.14. The van der Waals surface area contributed by atoms with Crippen LogP contribution in [0.4, 0.5) is 0 Å². The smallest absolute Gasteiger partial charge is 0.248 e. The number of hydrogen-bond acceptors (Lipinski definition) is 3. The van der Waals surface area contributed by atoms with Crippen LogP contribution in [0.25, 0.3) is 21.7 Å². The molecule has 3 aromatic rings. The molecule has 1 amide bonds. The Morgan fingerprint density at radius 3 is 2.94 bits per heavy atom. The Morgan fingerprint density at radius 1 is 1.35 bits per heavy atom. The quantitative estimate of drug-likeness (QED) is 0.725. The van der Waals surface area contributed by atoms with Crippen molar-refractivity contribution in [3.63, 3.8) is 0 Å². The summed E-state index contributed by atoms with van der Waals surface area (Å²) < 4.78 is 0. The number of nitrogens with one attached hydrogen (secondary N) is 1. The molecule has 0 fully saturated rings. The Morgan fingerprint density at radius 2 is 2.24 bits per heavy atom. The van der Waals surface area contributed by atoms with Crippen LogP contribution in [0.5, 0.6) is 0 Å². The number of primary amides is 1. The molecular formula is C12H9N3OS. The van der Waals surface area contributed by atoms with Gasteiger partial charge in [0.15, 0.2) is 0 Å². The summed E-state index contributed by atoms with van der Waals surface area (Å²) in [5.41, 5.74) is 7.38. The highest BCUT2D eigenvalue weighted by Gasteiger charge is 2.08. The van der Waals surface area contributed by atoms with E-state index in [1.54, 1.807) is 29.5 Å². The standard InChI is InChI=1S/C12H9N3OS/c13-11(16)7-3-4-8-9(6-7)15-12(14-8)10-2-1-5-17-10/h1-6H,(H2,13,16)(H,14,15). The second-order valence-corrected chi connectivity index (χ2v) is 4.61. The van der Waals surface area contributed by atoms with E-state index in [4.69, 9.17) is 5.73 Å². The van der Waals surface area contributed by atoms with Gasteiger partial charge in [0.1, 0.15) is 5.82 Å². The number of imidazole rings is 1. The minimum absolute atomic E-state index is 0.431. The zero-order chi connectivity index (χ0) is 11.8. The molecule has 0 saturated carbocycles. The second kappa shape index (κ2) is 3.71. The van der Waals surface area contributed by atoms with Crippen molar-refractivity contribution in [2.75, 3.05) is 0 Å². The lowest BCUT2D eigenvalue weighted by atomic mass is 10.2. The number of rotatable bonds is 2. The summed E-state index contributed by atoms with van der Waals surface area (Å²) in [7, 11) is 0. The van der Waals surface area contributed by atoms with Crippen molar-refractivity contribution in [2.45, 2.75) is 0 Å². The molecule has 3 rings (SSSR count). The van der Waals surface area contributed by atoms with Gasteiger partial charge in [-0.25, -0.2) is 4.98 Å². The van der Waals surface area contributed by atoms with Crippen LogP contribution in [-0.2, 0) is 0 Å². The molecule has 0 radical (unpaired) electrons. The molecule has 2 heterocycles. The summed E-state index contributed by atoms with van der Waals surface area (Å²) in [6, 6.07) is 9.17. The van der Waals surface area contributed by atoms with Crippen molar-refractivity contribution in [3.8, 4) is 10.7 Å². The molecule has 3 N–H and O–H groups in total. The number of nitrogens with zero attached hydrogens (tertiary/aromatic N) is 1. The molecule has 0 aliphatic heterocycles. The van der Waals surface area contributed by atoms with Crippen LogP contribution in [0, 0.1) is 0 Å². The van der Waals surface area contributed by atoms with Crippen LogP contribution < -0.4 is 5.73 Å². The number of hydrogen-bond donors (Lipinski definition) is 2. The number of carbonyl (C=O) groups is 1. The summed E-state index contributed by atoms with van der Waals surface area (Å²) in [4.78, 5) is 19.8. The molecule has 4 nitrogen and oxygen atoms in total. The summed E-state index contributed by atoms with van der Waals surface area (Å²) >= 11 is 1.62. The molecule has 0 bridgehead atoms. The number of carbonyl (C=O) groups excluding carboxylic acids is 1. The van der Waals surface area contributed by atoms with E-state index in [0.717, 1.165) is 21.7 Å². The Balaban J connectivity index is 2.16. The molecule has 0 aliphatic carbocycles. The van der Waals surface area contributed by atoms with Gasteiger partial charge in [-0.3, -0.25) is 4.79 Å². The molecule has 84 valence electrons. The van der Waals surface area contributed by atoms with E-state index >= 15 is 0 Å². The lowest BCUT2D eigenvalue weighted by Gasteiger charge is -1.93. The third-order valence-corrected chi connectivity index (χ3v) is 3.40. The van der Waals surface area contributed by atoms with E-state index < -0.39 is 5.91 Å². The van der Waals surface area contributed by atoms with Gasteiger partial charge in [-0.05, 0) is 29.6 Å². The van der Waals surface area contributed by atoms with E-state index in [2.05, 4.69) is 9.97 Å². The highest BCUT2D eigenvalue weighted by atomic mass is 32.1. The average Bonchev–Trinajstić information content (AvgIpc) is 2.96. The molecule has 1 aromatic carbocycles. The lowest BCUT2D eigenvalue weighted by molar-refractivity contribution is 0.100. The number of nitrogens with two attached hydrogens (primary N) is 1. The van der Waals surface area contributed by atoms with Crippen LogP contribution in [0.3, 0.4) is 0 Å². The van der Waals surface area contributed by atoms with Gasteiger partial charge in [0, 0.05) is 5.56 Å². The predicted molar refractivity (Wildman–Crippen MR) is 67.9 cm³/mol. The predicted octanol–water partition coefficient (Wildman–Crippen LogP) is 2.39. The van der Waals surface area contributed by atoms with E-state index in [1.165, 1.54) is 0 Å². The number of aromatic amines is 1. The van der Waals surface area contributed by atoms with Crippen molar-refractivity contribution in [1.29, 1.82) is 0 Å². The van der Waals surface area contributed by atoms with Crippen LogP contribution in [0.15, 0.2) is 35.7 Å². The van der Waals surface area contributed by atoms with E-state index in [9.17, 15) is 4.79 Å². The maximum absolute atomic E-state index is 11.1. The molecular weight excluding hydrogens is 234 g/mol. The first-order valence-corrected chi connectivity index (χ1v) is 5.95. The maximum Gasteiger partial charge on any atom is 0.248 e. The third kappa shape index (κ3) is 1.70. The molecule has 2 aromatic heterocycles. The average molecular weight is 243 g/mol. The van der Waals surface area contributed by atoms with E-state index in [1.807, 2.05) is 17.5 Å². The topological polar surface area (TPSA) is 71.8 Å². The summed E-state index contributed by atoms with van der Waals surface area (Å²) in [6.07, 6.45) is 0. The first-order valence-electron chi connectivity index (χ1n) is 5.07. The number of amides is 1. The van der Waals surface area contributed by atoms with Crippen molar-refractivity contribution in [3.05, 3.63) is 41.3 Å². The monoisotopic (exact) mass is 243 g/mol. The number of fused-ring (bicyclic) bond motifs is 1. The van der Waals surface area contributed by atoms with E-state index in [0.29, 0.717) is 5.56 Å². The number of H-pyrrole nitrogens is 1. The molecule has 5 heteroatoms. The van der Waals surface area contributed by atoms with Crippen LogP contribution in [0.2, 0.25) is 0 Å². The summed E-state index contributed by atoms with van der Waals surface area (Å²) in [5, 5.41) is 2.00. The van der Waals surface area contributed by atoms with Gasteiger partial charge in [0.25, 0.3) is 0 Å². The molecule has 0 atom stereocenters. The van der Waals surface area contributed by atoms with Crippen LogP contribution in [0.1, 0.15) is 10.4 Å². The molecule has 17 heavy (non-hydrogen) atoms. The zero-order valence-corrected chi connectivity index (χ0v) is 9.62. The van der Waals surface area contributed by atoms with Crippen LogP contribution >= 0.6 is 11.3 Å². The summed E-state index contributed by atoms with van der Waals surface area (Å²) in [5.74, 6) is 0.385. The Labute approximate surface area is 101 Å². The zero-order valence-electron chi connectivity index (χ0n) is 8.81. The maximum atomic E-state index is 11.1. The molecule has 0 spiro atoms. The van der Waals surface area contributed by atoms with Crippen LogP contribution in [-0.4, -0.2) is 15.9 Å². The van der Waals surface area contributed by atoms with Crippen molar-refractivity contribution in [1.82, 2.24) is 9.97 Å². The highest BCUT2D eigenvalue weighted by molar-refractivity contribution is 7.13. The SMILES string of the molecule is NC(=O)c1ccc2nc(-c3cccs3)[nH]c2c1. The van der Waals surface area contributed by atoms with Crippen molar-refractivity contribution < 1.29 is 4.79 Å². The number of benzene rings is 1. The van der Waals surface area contributed by atoms with E-state index in [-0.39, 0.29) is 0 Å².